The summed E-state index contributed by atoms with van der Waals surface area (Å²) >= 11 is 0. The molecular weight excluding hydrogens is 448 g/mol. The predicted molar refractivity (Wildman–Crippen MR) is 136 cm³/mol. The maximum absolute atomic E-state index is 13.4. The van der Waals surface area contributed by atoms with Gasteiger partial charge in [-0.15, -0.1) is 0 Å². The molecule has 1 amide bonds. The van der Waals surface area contributed by atoms with Crippen molar-refractivity contribution in [1.82, 2.24) is 4.98 Å². The fourth-order valence-corrected chi connectivity index (χ4v) is 6.49. The zero-order valence-electron chi connectivity index (χ0n) is 20.5. The van der Waals surface area contributed by atoms with Gasteiger partial charge in [-0.05, 0) is 88.5 Å². The van der Waals surface area contributed by atoms with Crippen LogP contribution >= 0.6 is 0 Å². The van der Waals surface area contributed by atoms with E-state index >= 15 is 0 Å². The number of amides is 1. The van der Waals surface area contributed by atoms with Crippen molar-refractivity contribution < 1.29 is 13.2 Å². The predicted octanol–water partition coefficient (Wildman–Crippen LogP) is 4.51. The van der Waals surface area contributed by atoms with Crippen LogP contribution in [0.5, 0.6) is 0 Å². The standard InChI is InChI=1S/C26H34N4O3S/c1-18-5-6-20(22(15-18)29-13-10-26(8-9-26)11-14-29)24(31)28-23-16-21-19(17-27-23)7-12-30(21)34(32,33)25(2,3)4/h5-6,15-17H,7-14H2,1-4H3,(H,27,28,31). The second-order valence-corrected chi connectivity index (χ2v) is 13.7. The Morgan fingerprint density at radius 2 is 1.74 bits per heavy atom. The Labute approximate surface area is 202 Å². The Kier molecular flexibility index (Phi) is 5.43. The lowest BCUT2D eigenvalue weighted by Gasteiger charge is -2.35. The highest BCUT2D eigenvalue weighted by molar-refractivity contribution is 7.94. The van der Waals surface area contributed by atoms with Gasteiger partial charge in [0, 0.05) is 37.6 Å². The Balaban J connectivity index is 1.39. The van der Waals surface area contributed by atoms with Gasteiger partial charge >= 0.3 is 0 Å². The average Bonchev–Trinajstić information content (AvgIpc) is 3.38. The summed E-state index contributed by atoms with van der Waals surface area (Å²) in [6.45, 7) is 9.50. The van der Waals surface area contributed by atoms with Crippen molar-refractivity contribution in [2.75, 3.05) is 34.2 Å². The lowest BCUT2D eigenvalue weighted by atomic mass is 9.92. The summed E-state index contributed by atoms with van der Waals surface area (Å²) < 4.78 is 26.7. The first-order chi connectivity index (χ1) is 16.0. The summed E-state index contributed by atoms with van der Waals surface area (Å²) in [5.74, 6) is 0.138. The summed E-state index contributed by atoms with van der Waals surface area (Å²) in [6, 6.07) is 7.62. The van der Waals surface area contributed by atoms with Gasteiger partial charge < -0.3 is 10.2 Å². The number of aryl methyl sites for hydroxylation is 1. The number of hydrogen-bond donors (Lipinski definition) is 1. The molecule has 7 nitrogen and oxygen atoms in total. The van der Waals surface area contributed by atoms with Crippen LogP contribution in [-0.4, -0.2) is 43.7 Å². The highest BCUT2D eigenvalue weighted by atomic mass is 32.2. The van der Waals surface area contributed by atoms with E-state index in [1.54, 1.807) is 33.0 Å². The van der Waals surface area contributed by atoms with Gasteiger partial charge in [-0.2, -0.15) is 0 Å². The summed E-state index contributed by atoms with van der Waals surface area (Å²) in [5.41, 5.74) is 4.76. The number of benzene rings is 1. The van der Waals surface area contributed by atoms with Crippen LogP contribution in [0.3, 0.4) is 0 Å². The van der Waals surface area contributed by atoms with Gasteiger partial charge in [-0.3, -0.25) is 9.10 Å². The number of rotatable bonds is 4. The second-order valence-electron chi connectivity index (χ2n) is 11.1. The molecule has 5 rings (SSSR count). The molecule has 3 heterocycles. The van der Waals surface area contributed by atoms with Crippen LogP contribution in [-0.2, 0) is 16.4 Å². The van der Waals surface area contributed by atoms with Crippen molar-refractivity contribution in [1.29, 1.82) is 0 Å². The van der Waals surface area contributed by atoms with Crippen molar-refractivity contribution in [3.63, 3.8) is 0 Å². The zero-order chi connectivity index (χ0) is 24.3. The van der Waals surface area contributed by atoms with E-state index in [0.717, 1.165) is 29.9 Å². The zero-order valence-corrected chi connectivity index (χ0v) is 21.3. The SMILES string of the molecule is Cc1ccc(C(=O)Nc2cc3c(cn2)CCN3S(=O)(=O)C(C)(C)C)c(N2CCC3(CC2)CC3)c1. The number of carbonyl (C=O) groups excluding carboxylic acids is 1. The number of carbonyl (C=O) groups is 1. The van der Waals surface area contributed by atoms with Gasteiger partial charge in [0.05, 0.1) is 16.0 Å². The second kappa shape index (κ2) is 7.97. The molecular formula is C26H34N4O3S. The Bertz CT molecular complexity index is 1240. The van der Waals surface area contributed by atoms with Crippen LogP contribution in [0.2, 0.25) is 0 Å². The fourth-order valence-electron chi connectivity index (χ4n) is 5.07. The smallest absolute Gasteiger partial charge is 0.258 e. The van der Waals surface area contributed by atoms with E-state index in [4.69, 9.17) is 0 Å². The maximum atomic E-state index is 13.4. The minimum Gasteiger partial charge on any atom is -0.371 e. The highest BCUT2D eigenvalue weighted by Gasteiger charge is 2.44. The number of pyridine rings is 1. The lowest BCUT2D eigenvalue weighted by Crippen LogP contribution is -2.42. The van der Waals surface area contributed by atoms with Gasteiger partial charge in [-0.25, -0.2) is 13.4 Å². The van der Waals surface area contributed by atoms with Crippen LogP contribution in [0.15, 0.2) is 30.5 Å². The summed E-state index contributed by atoms with van der Waals surface area (Å²) in [6.07, 6.45) is 7.35. The van der Waals surface area contributed by atoms with Crippen LogP contribution < -0.4 is 14.5 Å². The molecule has 0 radical (unpaired) electrons. The molecule has 0 unspecified atom stereocenters. The topological polar surface area (TPSA) is 82.6 Å². The van der Waals surface area contributed by atoms with Gasteiger partial charge in [0.2, 0.25) is 10.0 Å². The molecule has 1 aromatic heterocycles. The first-order valence-electron chi connectivity index (χ1n) is 12.2. The quantitative estimate of drug-likeness (QED) is 0.693. The molecule has 182 valence electrons. The fraction of sp³-hybridized carbons (Fsp3) is 0.538. The van der Waals surface area contributed by atoms with Crippen molar-refractivity contribution >= 4 is 33.1 Å². The molecule has 34 heavy (non-hydrogen) atoms. The summed E-state index contributed by atoms with van der Waals surface area (Å²) in [5, 5.41) is 2.93. The minimum atomic E-state index is -3.53. The maximum Gasteiger partial charge on any atom is 0.258 e. The number of nitrogens with zero attached hydrogens (tertiary/aromatic N) is 3. The number of anilines is 3. The number of piperidine rings is 1. The van der Waals surface area contributed by atoms with Gasteiger partial charge in [0.1, 0.15) is 5.82 Å². The molecule has 1 aromatic carbocycles. The van der Waals surface area contributed by atoms with Crippen LogP contribution in [0.25, 0.3) is 0 Å². The van der Waals surface area contributed by atoms with E-state index in [1.807, 2.05) is 19.1 Å². The molecule has 0 atom stereocenters. The van der Waals surface area contributed by atoms with Crippen molar-refractivity contribution in [2.45, 2.75) is 64.5 Å². The van der Waals surface area contributed by atoms with E-state index in [9.17, 15) is 13.2 Å². The van der Waals surface area contributed by atoms with Crippen LogP contribution in [0.4, 0.5) is 17.2 Å². The number of sulfonamides is 1. The van der Waals surface area contributed by atoms with Crippen LogP contribution in [0.1, 0.15) is 67.9 Å². The molecule has 0 bridgehead atoms. The molecule has 8 heteroatoms. The van der Waals surface area contributed by atoms with E-state index in [1.165, 1.54) is 30.0 Å². The Hall–Kier alpha value is -2.61. The first-order valence-corrected chi connectivity index (χ1v) is 13.6. The van der Waals surface area contributed by atoms with E-state index < -0.39 is 14.8 Å². The molecule has 1 N–H and O–H groups in total. The van der Waals surface area contributed by atoms with E-state index in [-0.39, 0.29) is 5.91 Å². The summed E-state index contributed by atoms with van der Waals surface area (Å²) in [4.78, 5) is 20.1. The molecule has 2 aromatic rings. The molecule has 2 fully saturated rings. The van der Waals surface area contributed by atoms with Gasteiger partial charge in [0.15, 0.2) is 0 Å². The normalized spacial score (nSPS) is 19.3. The Morgan fingerprint density at radius 3 is 2.38 bits per heavy atom. The average molecular weight is 483 g/mol. The Morgan fingerprint density at radius 1 is 1.03 bits per heavy atom. The molecule has 1 aliphatic carbocycles. The number of hydrogen-bond acceptors (Lipinski definition) is 5. The van der Waals surface area contributed by atoms with Crippen LogP contribution in [0, 0.1) is 12.3 Å². The third-order valence-corrected chi connectivity index (χ3v) is 10.1. The molecule has 1 spiro atoms. The molecule has 1 saturated heterocycles. The van der Waals surface area contributed by atoms with Gasteiger partial charge in [0.25, 0.3) is 5.91 Å². The van der Waals surface area contributed by atoms with Gasteiger partial charge in [-0.1, -0.05) is 6.07 Å². The largest absolute Gasteiger partial charge is 0.371 e. The third-order valence-electron chi connectivity index (χ3n) is 7.64. The molecule has 3 aliphatic rings. The van der Waals surface area contributed by atoms with Crippen molar-refractivity contribution in [2.24, 2.45) is 5.41 Å². The molecule has 1 saturated carbocycles. The summed E-state index contributed by atoms with van der Waals surface area (Å²) in [7, 11) is -3.53. The first kappa shape index (κ1) is 23.1. The number of fused-ring (bicyclic) bond motifs is 1. The van der Waals surface area contributed by atoms with Crippen molar-refractivity contribution in [3.8, 4) is 0 Å². The number of nitrogens with one attached hydrogen (secondary N) is 1. The van der Waals surface area contributed by atoms with E-state index in [0.29, 0.717) is 35.4 Å². The monoisotopic (exact) mass is 482 g/mol. The minimum absolute atomic E-state index is 0.225. The van der Waals surface area contributed by atoms with E-state index in [2.05, 4.69) is 21.3 Å². The molecule has 2 aliphatic heterocycles. The third kappa shape index (κ3) is 4.06. The lowest BCUT2D eigenvalue weighted by molar-refractivity contribution is 0.102. The van der Waals surface area contributed by atoms with Crippen molar-refractivity contribution in [3.05, 3.63) is 47.2 Å². The highest BCUT2D eigenvalue weighted by Crippen LogP contribution is 2.54. The number of aromatic nitrogens is 1.